The molecule has 1 unspecified atom stereocenters. The van der Waals surface area contributed by atoms with Crippen LogP contribution in [0.2, 0.25) is 0 Å². The molecular formula is C23H22N4O2. The van der Waals surface area contributed by atoms with E-state index in [0.29, 0.717) is 32.1 Å². The average molecular weight is 386 g/mol. The molecule has 2 aromatic carbocycles. The Labute approximate surface area is 169 Å². The molecule has 1 fully saturated rings. The van der Waals surface area contributed by atoms with E-state index in [-0.39, 0.29) is 18.1 Å². The molecule has 3 aromatic rings. The van der Waals surface area contributed by atoms with Gasteiger partial charge in [0.15, 0.2) is 0 Å². The van der Waals surface area contributed by atoms with E-state index in [1.165, 1.54) is 22.3 Å². The lowest BCUT2D eigenvalue weighted by molar-refractivity contribution is 0.0876. The summed E-state index contributed by atoms with van der Waals surface area (Å²) >= 11 is 0. The summed E-state index contributed by atoms with van der Waals surface area (Å²) in [5.41, 5.74) is 4.90. The lowest BCUT2D eigenvalue weighted by Crippen LogP contribution is -2.49. The summed E-state index contributed by atoms with van der Waals surface area (Å²) < 4.78 is 5.78. The Kier molecular flexibility index (Phi) is 4.69. The van der Waals surface area contributed by atoms with Gasteiger partial charge in [0.1, 0.15) is 12.4 Å². The van der Waals surface area contributed by atoms with Gasteiger partial charge in [-0.25, -0.2) is 14.8 Å². The lowest BCUT2D eigenvalue weighted by atomic mass is 9.98. The summed E-state index contributed by atoms with van der Waals surface area (Å²) in [5, 5.41) is 3.37. The Hall–Kier alpha value is -3.25. The van der Waals surface area contributed by atoms with E-state index in [9.17, 15) is 4.79 Å². The van der Waals surface area contributed by atoms with Crippen molar-refractivity contribution in [1.82, 2.24) is 20.2 Å². The van der Waals surface area contributed by atoms with E-state index in [2.05, 4.69) is 51.7 Å². The summed E-state index contributed by atoms with van der Waals surface area (Å²) in [6.45, 7) is 2.14. The molecule has 146 valence electrons. The fourth-order valence-corrected chi connectivity index (χ4v) is 4.26. The van der Waals surface area contributed by atoms with Crippen molar-refractivity contribution in [3.05, 3.63) is 83.9 Å². The van der Waals surface area contributed by atoms with Crippen LogP contribution in [-0.2, 0) is 4.74 Å². The smallest absolute Gasteiger partial charge is 0.409 e. The quantitative estimate of drug-likeness (QED) is 0.748. The van der Waals surface area contributed by atoms with E-state index in [1.54, 1.807) is 23.4 Å². The Morgan fingerprint density at radius 3 is 2.34 bits per heavy atom. The second kappa shape index (κ2) is 7.64. The summed E-state index contributed by atoms with van der Waals surface area (Å²) in [5.74, 6) is 0.770. The third kappa shape index (κ3) is 3.36. The predicted molar refractivity (Wildman–Crippen MR) is 109 cm³/mol. The first kappa shape index (κ1) is 17.8. The first-order valence-corrected chi connectivity index (χ1v) is 9.91. The van der Waals surface area contributed by atoms with Crippen molar-refractivity contribution in [2.24, 2.45) is 0 Å². The highest BCUT2D eigenvalue weighted by molar-refractivity contribution is 5.79. The number of nitrogens with one attached hydrogen (secondary N) is 1. The highest BCUT2D eigenvalue weighted by atomic mass is 16.6. The molecule has 6 nitrogen and oxygen atoms in total. The molecule has 1 atom stereocenters. The molecule has 1 N–H and O–H groups in total. The molecule has 6 heteroatoms. The van der Waals surface area contributed by atoms with Crippen LogP contribution in [0.3, 0.4) is 0 Å². The monoisotopic (exact) mass is 386 g/mol. The highest BCUT2D eigenvalue weighted by Crippen LogP contribution is 2.44. The molecule has 2 aliphatic rings. The zero-order valence-corrected chi connectivity index (χ0v) is 16.0. The van der Waals surface area contributed by atoms with Gasteiger partial charge < -0.3 is 15.0 Å². The Balaban J connectivity index is 1.29. The Bertz CT molecular complexity index is 979. The maximum absolute atomic E-state index is 12.8. The molecule has 5 rings (SSSR count). The second-order valence-electron chi connectivity index (χ2n) is 7.36. The molecule has 0 spiro atoms. The normalized spacial score (nSPS) is 18.2. The molecule has 1 amide bonds. The fraction of sp³-hybridized carbons (Fsp3) is 0.261. The van der Waals surface area contributed by atoms with Crippen molar-refractivity contribution in [2.75, 3.05) is 26.2 Å². The van der Waals surface area contributed by atoms with E-state index >= 15 is 0 Å². The molecule has 1 saturated heterocycles. The van der Waals surface area contributed by atoms with Gasteiger partial charge in [0.05, 0.1) is 6.04 Å². The Morgan fingerprint density at radius 2 is 1.66 bits per heavy atom. The van der Waals surface area contributed by atoms with Crippen LogP contribution in [-0.4, -0.2) is 47.2 Å². The van der Waals surface area contributed by atoms with Gasteiger partial charge in [-0.2, -0.15) is 0 Å². The maximum atomic E-state index is 12.8. The molecular weight excluding hydrogens is 364 g/mol. The third-order valence-corrected chi connectivity index (χ3v) is 5.67. The SMILES string of the molecule is O=C(OCC1c2ccccc2-c2ccccc21)N1CCNC(c2ncccn2)C1. The van der Waals surface area contributed by atoms with E-state index in [0.717, 1.165) is 0 Å². The van der Waals surface area contributed by atoms with Gasteiger partial charge in [-0.1, -0.05) is 48.5 Å². The number of aromatic nitrogens is 2. The van der Waals surface area contributed by atoms with Crippen LogP contribution in [0, 0.1) is 0 Å². The van der Waals surface area contributed by atoms with Gasteiger partial charge in [0.25, 0.3) is 0 Å². The van der Waals surface area contributed by atoms with Crippen LogP contribution in [0.1, 0.15) is 28.9 Å². The van der Waals surface area contributed by atoms with Crippen LogP contribution < -0.4 is 5.32 Å². The number of piperazine rings is 1. The van der Waals surface area contributed by atoms with E-state index in [4.69, 9.17) is 4.74 Å². The molecule has 0 bridgehead atoms. The number of amides is 1. The minimum absolute atomic E-state index is 0.0718. The third-order valence-electron chi connectivity index (χ3n) is 5.67. The topological polar surface area (TPSA) is 67.3 Å². The number of carbonyl (C=O) groups excluding carboxylic acids is 1. The van der Waals surface area contributed by atoms with Crippen molar-refractivity contribution < 1.29 is 9.53 Å². The highest BCUT2D eigenvalue weighted by Gasteiger charge is 2.31. The van der Waals surface area contributed by atoms with Crippen molar-refractivity contribution in [3.63, 3.8) is 0 Å². The van der Waals surface area contributed by atoms with Gasteiger partial charge in [0, 0.05) is 37.9 Å². The second-order valence-corrected chi connectivity index (χ2v) is 7.36. The van der Waals surface area contributed by atoms with E-state index in [1.807, 2.05) is 12.1 Å². The summed E-state index contributed by atoms with van der Waals surface area (Å²) in [6, 6.07) is 18.4. The molecule has 29 heavy (non-hydrogen) atoms. The number of hydrogen-bond donors (Lipinski definition) is 1. The van der Waals surface area contributed by atoms with Gasteiger partial charge in [-0.3, -0.25) is 0 Å². The largest absolute Gasteiger partial charge is 0.448 e. The standard InChI is InChI=1S/C23H22N4O2/c28-23(27-13-12-24-21(14-27)22-25-10-5-11-26-22)29-15-20-18-8-3-1-6-16(18)17-7-2-4-9-19(17)20/h1-11,20-21,24H,12-15H2. The average Bonchev–Trinajstić information content (AvgIpc) is 3.12. The zero-order chi connectivity index (χ0) is 19.6. The molecule has 1 aliphatic carbocycles. The number of benzene rings is 2. The number of ether oxygens (including phenoxy) is 1. The lowest BCUT2D eigenvalue weighted by Gasteiger charge is -2.32. The summed E-state index contributed by atoms with van der Waals surface area (Å²) in [4.78, 5) is 23.1. The van der Waals surface area contributed by atoms with Gasteiger partial charge >= 0.3 is 6.09 Å². The maximum Gasteiger partial charge on any atom is 0.409 e. The van der Waals surface area contributed by atoms with Crippen LogP contribution in [0.5, 0.6) is 0 Å². The molecule has 1 aromatic heterocycles. The van der Waals surface area contributed by atoms with Crippen molar-refractivity contribution in [2.45, 2.75) is 12.0 Å². The molecule has 1 aliphatic heterocycles. The predicted octanol–water partition coefficient (Wildman–Crippen LogP) is 3.37. The molecule has 0 saturated carbocycles. The van der Waals surface area contributed by atoms with Gasteiger partial charge in [0.2, 0.25) is 0 Å². The van der Waals surface area contributed by atoms with Crippen molar-refractivity contribution in [1.29, 1.82) is 0 Å². The van der Waals surface area contributed by atoms with Crippen LogP contribution in [0.4, 0.5) is 4.79 Å². The number of fused-ring (bicyclic) bond motifs is 3. The van der Waals surface area contributed by atoms with Crippen molar-refractivity contribution >= 4 is 6.09 Å². The Morgan fingerprint density at radius 1 is 1.00 bits per heavy atom. The minimum atomic E-state index is -0.283. The first-order valence-electron chi connectivity index (χ1n) is 9.91. The van der Waals surface area contributed by atoms with Crippen LogP contribution in [0.25, 0.3) is 11.1 Å². The van der Waals surface area contributed by atoms with E-state index < -0.39 is 0 Å². The summed E-state index contributed by atoms with van der Waals surface area (Å²) in [7, 11) is 0. The van der Waals surface area contributed by atoms with Crippen molar-refractivity contribution in [3.8, 4) is 11.1 Å². The number of hydrogen-bond acceptors (Lipinski definition) is 5. The minimum Gasteiger partial charge on any atom is -0.448 e. The van der Waals surface area contributed by atoms with Gasteiger partial charge in [-0.15, -0.1) is 0 Å². The number of rotatable bonds is 3. The first-order chi connectivity index (χ1) is 14.3. The van der Waals surface area contributed by atoms with Gasteiger partial charge in [-0.05, 0) is 28.3 Å². The van der Waals surface area contributed by atoms with Crippen LogP contribution in [0.15, 0.2) is 67.0 Å². The number of carbonyl (C=O) groups is 1. The van der Waals surface area contributed by atoms with Crippen LogP contribution >= 0.6 is 0 Å². The molecule has 2 heterocycles. The zero-order valence-electron chi connectivity index (χ0n) is 16.0. The molecule has 0 radical (unpaired) electrons. The fourth-order valence-electron chi connectivity index (χ4n) is 4.26. The number of nitrogens with zero attached hydrogens (tertiary/aromatic N) is 3. The summed E-state index contributed by atoms with van der Waals surface area (Å²) in [6.07, 6.45) is 3.15.